The number of allylic oxidation sites excluding steroid dienone is 2. The Labute approximate surface area is 194 Å². The number of ether oxygens (including phenoxy) is 2. The second-order valence-corrected chi connectivity index (χ2v) is 9.80. The third-order valence-electron chi connectivity index (χ3n) is 6.27. The molecule has 0 aliphatic heterocycles. The summed E-state index contributed by atoms with van der Waals surface area (Å²) in [4.78, 5) is 35.6. The van der Waals surface area contributed by atoms with Gasteiger partial charge in [0, 0.05) is 17.6 Å². The Kier molecular flexibility index (Phi) is 11.7. The van der Waals surface area contributed by atoms with Gasteiger partial charge in [-0.2, -0.15) is 0 Å². The van der Waals surface area contributed by atoms with Crippen molar-refractivity contribution in [2.24, 2.45) is 11.3 Å². The van der Waals surface area contributed by atoms with Crippen molar-refractivity contribution in [3.8, 4) is 0 Å². The zero-order valence-electron chi connectivity index (χ0n) is 20.8. The van der Waals surface area contributed by atoms with Crippen LogP contribution in [0.3, 0.4) is 0 Å². The van der Waals surface area contributed by atoms with E-state index in [1.165, 1.54) is 5.57 Å². The van der Waals surface area contributed by atoms with Gasteiger partial charge in [-0.25, -0.2) is 9.59 Å². The second kappa shape index (κ2) is 13.4. The summed E-state index contributed by atoms with van der Waals surface area (Å²) in [6, 6.07) is 0. The van der Waals surface area contributed by atoms with E-state index in [2.05, 4.69) is 33.9 Å². The van der Waals surface area contributed by atoms with Gasteiger partial charge in [-0.1, -0.05) is 45.4 Å². The van der Waals surface area contributed by atoms with E-state index in [9.17, 15) is 14.4 Å². The fourth-order valence-electron chi connectivity index (χ4n) is 4.39. The standard InChI is InChI=1S/C27H42O5/c1-19(2)25(29)31-16-12-8-10-14-22-21(5)23(27(6,7)18-24(22)28)15-11-9-13-17-32-26(30)20(3)4/h23H,1,3,8-18H2,2,4-7H3. The molecule has 0 N–H and O–H groups in total. The number of unbranched alkanes of at least 4 members (excludes halogenated alkanes) is 4. The van der Waals surface area contributed by atoms with Gasteiger partial charge in [0.25, 0.3) is 0 Å². The summed E-state index contributed by atoms with van der Waals surface area (Å²) in [6.07, 6.45) is 7.96. The predicted octanol–water partition coefficient (Wildman–Crippen LogP) is 6.28. The van der Waals surface area contributed by atoms with Gasteiger partial charge in [0.2, 0.25) is 0 Å². The number of ketones is 1. The summed E-state index contributed by atoms with van der Waals surface area (Å²) in [6.45, 7) is 17.8. The normalized spacial score (nSPS) is 17.8. The first kappa shape index (κ1) is 27.9. The Morgan fingerprint density at radius 1 is 0.906 bits per heavy atom. The number of hydrogen-bond donors (Lipinski definition) is 0. The Bertz CT molecular complexity index is 741. The number of carbonyl (C=O) groups excluding carboxylic acids is 3. The van der Waals surface area contributed by atoms with E-state index in [1.807, 2.05) is 0 Å². The summed E-state index contributed by atoms with van der Waals surface area (Å²) in [5.74, 6) is 0.00764. The highest BCUT2D eigenvalue weighted by atomic mass is 16.5. The highest BCUT2D eigenvalue weighted by Crippen LogP contribution is 2.45. The molecule has 0 fully saturated rings. The molecule has 1 aliphatic rings. The van der Waals surface area contributed by atoms with Crippen LogP contribution in [0.15, 0.2) is 35.5 Å². The predicted molar refractivity (Wildman–Crippen MR) is 128 cm³/mol. The quantitative estimate of drug-likeness (QED) is 0.178. The second-order valence-electron chi connectivity index (χ2n) is 9.80. The van der Waals surface area contributed by atoms with Gasteiger partial charge in [0.1, 0.15) is 0 Å². The zero-order chi connectivity index (χ0) is 24.3. The molecule has 0 heterocycles. The lowest BCUT2D eigenvalue weighted by atomic mass is 9.64. The van der Waals surface area contributed by atoms with Gasteiger partial charge in [0.15, 0.2) is 5.78 Å². The third kappa shape index (κ3) is 9.13. The molecule has 0 spiro atoms. The van der Waals surface area contributed by atoms with E-state index in [4.69, 9.17) is 9.47 Å². The van der Waals surface area contributed by atoms with Gasteiger partial charge in [-0.05, 0) is 76.2 Å². The number of rotatable bonds is 14. The van der Waals surface area contributed by atoms with Gasteiger partial charge in [0.05, 0.1) is 13.2 Å². The summed E-state index contributed by atoms with van der Waals surface area (Å²) in [7, 11) is 0. The molecule has 1 rings (SSSR count). The van der Waals surface area contributed by atoms with Crippen LogP contribution in [-0.4, -0.2) is 30.9 Å². The molecular weight excluding hydrogens is 404 g/mol. The lowest BCUT2D eigenvalue weighted by Gasteiger charge is -2.40. The van der Waals surface area contributed by atoms with Gasteiger partial charge >= 0.3 is 11.9 Å². The molecule has 0 aromatic rings. The number of hydrogen-bond acceptors (Lipinski definition) is 5. The van der Waals surface area contributed by atoms with Crippen LogP contribution < -0.4 is 0 Å². The maximum Gasteiger partial charge on any atom is 0.333 e. The Morgan fingerprint density at radius 2 is 1.41 bits per heavy atom. The maximum absolute atomic E-state index is 12.8. The number of carbonyl (C=O) groups is 3. The van der Waals surface area contributed by atoms with Crippen molar-refractivity contribution < 1.29 is 23.9 Å². The Morgan fingerprint density at radius 3 is 1.91 bits per heavy atom. The molecule has 0 bridgehead atoms. The van der Waals surface area contributed by atoms with Crippen LogP contribution in [0.5, 0.6) is 0 Å². The Hall–Kier alpha value is -2.17. The van der Waals surface area contributed by atoms with Crippen LogP contribution in [0.1, 0.15) is 92.4 Å². The van der Waals surface area contributed by atoms with Crippen molar-refractivity contribution in [1.29, 1.82) is 0 Å². The molecule has 0 aromatic carbocycles. The first-order valence-electron chi connectivity index (χ1n) is 11.9. The topological polar surface area (TPSA) is 69.7 Å². The van der Waals surface area contributed by atoms with Crippen LogP contribution in [0.4, 0.5) is 0 Å². The van der Waals surface area contributed by atoms with Crippen LogP contribution in [-0.2, 0) is 23.9 Å². The lowest BCUT2D eigenvalue weighted by Crippen LogP contribution is -2.34. The number of Topliss-reactive ketones (excluding diaryl/α,β-unsaturated/α-hetero) is 1. The van der Waals surface area contributed by atoms with Crippen molar-refractivity contribution in [3.63, 3.8) is 0 Å². The summed E-state index contributed by atoms with van der Waals surface area (Å²) in [5.41, 5.74) is 3.06. The van der Waals surface area contributed by atoms with E-state index in [0.717, 1.165) is 56.9 Å². The molecule has 0 radical (unpaired) electrons. The average Bonchev–Trinajstić information content (AvgIpc) is 2.69. The molecule has 0 aromatic heterocycles. The van der Waals surface area contributed by atoms with Crippen molar-refractivity contribution >= 4 is 17.7 Å². The molecule has 5 nitrogen and oxygen atoms in total. The minimum atomic E-state index is -0.343. The SMILES string of the molecule is C=C(C)C(=O)OCCCCCC1=C(C)C(CCCCCOC(=O)C(=C)C)C(C)(C)CC1=O. The maximum atomic E-state index is 12.8. The van der Waals surface area contributed by atoms with Gasteiger partial charge in [-0.3, -0.25) is 4.79 Å². The molecule has 0 amide bonds. The van der Waals surface area contributed by atoms with E-state index in [0.29, 0.717) is 36.7 Å². The van der Waals surface area contributed by atoms with E-state index < -0.39 is 0 Å². The highest BCUT2D eigenvalue weighted by Gasteiger charge is 2.38. The van der Waals surface area contributed by atoms with Crippen LogP contribution >= 0.6 is 0 Å². The summed E-state index contributed by atoms with van der Waals surface area (Å²) < 4.78 is 10.3. The molecule has 0 saturated heterocycles. The largest absolute Gasteiger partial charge is 0.462 e. The van der Waals surface area contributed by atoms with E-state index in [-0.39, 0.29) is 23.1 Å². The molecule has 1 atom stereocenters. The van der Waals surface area contributed by atoms with Crippen LogP contribution in [0.25, 0.3) is 0 Å². The minimum absolute atomic E-state index is 0.0339. The molecule has 32 heavy (non-hydrogen) atoms. The third-order valence-corrected chi connectivity index (χ3v) is 6.27. The molecular formula is C27H42O5. The first-order chi connectivity index (χ1) is 15.0. The molecule has 5 heteroatoms. The Balaban J connectivity index is 2.49. The highest BCUT2D eigenvalue weighted by molar-refractivity contribution is 5.97. The summed E-state index contributed by atoms with van der Waals surface area (Å²) in [5, 5.41) is 0. The van der Waals surface area contributed by atoms with Crippen LogP contribution in [0.2, 0.25) is 0 Å². The fourth-order valence-corrected chi connectivity index (χ4v) is 4.39. The van der Waals surface area contributed by atoms with Crippen molar-refractivity contribution in [2.75, 3.05) is 13.2 Å². The fraction of sp³-hybridized carbons (Fsp3) is 0.667. The average molecular weight is 447 g/mol. The monoisotopic (exact) mass is 446 g/mol. The number of esters is 2. The smallest absolute Gasteiger partial charge is 0.333 e. The van der Waals surface area contributed by atoms with Crippen molar-refractivity contribution in [2.45, 2.75) is 92.4 Å². The lowest BCUT2D eigenvalue weighted by molar-refractivity contribution is -0.139. The molecule has 0 saturated carbocycles. The van der Waals surface area contributed by atoms with Crippen molar-refractivity contribution in [3.05, 3.63) is 35.5 Å². The zero-order valence-corrected chi connectivity index (χ0v) is 20.8. The molecule has 1 aliphatic carbocycles. The molecule has 1 unspecified atom stereocenters. The molecule has 180 valence electrons. The van der Waals surface area contributed by atoms with Gasteiger partial charge in [-0.15, -0.1) is 0 Å². The minimum Gasteiger partial charge on any atom is -0.462 e. The van der Waals surface area contributed by atoms with E-state index in [1.54, 1.807) is 13.8 Å². The first-order valence-corrected chi connectivity index (χ1v) is 11.9. The van der Waals surface area contributed by atoms with Crippen molar-refractivity contribution in [1.82, 2.24) is 0 Å². The van der Waals surface area contributed by atoms with Crippen LogP contribution in [0, 0.1) is 11.3 Å². The summed E-state index contributed by atoms with van der Waals surface area (Å²) >= 11 is 0. The van der Waals surface area contributed by atoms with Gasteiger partial charge < -0.3 is 9.47 Å². The van der Waals surface area contributed by atoms with E-state index >= 15 is 0 Å².